The van der Waals surface area contributed by atoms with Gasteiger partial charge in [0.2, 0.25) is 0 Å². The summed E-state index contributed by atoms with van der Waals surface area (Å²) in [6.45, 7) is 8.18. The molecule has 0 radical (unpaired) electrons. The molecule has 2 rings (SSSR count). The number of carbonyl (C=O) groups is 1. The molecule has 0 spiro atoms. The van der Waals surface area contributed by atoms with Gasteiger partial charge in [0.15, 0.2) is 5.78 Å². The van der Waals surface area contributed by atoms with Crippen LogP contribution in [0.4, 0.5) is 0 Å². The molecule has 86 valence electrons. The first kappa shape index (κ1) is 11.3. The zero-order valence-electron chi connectivity index (χ0n) is 10.3. The molecule has 0 saturated carbocycles. The van der Waals surface area contributed by atoms with Gasteiger partial charge in [-0.3, -0.25) is 9.69 Å². The molecule has 1 heterocycles. The van der Waals surface area contributed by atoms with E-state index in [2.05, 4.69) is 30.9 Å². The molecule has 0 atom stereocenters. The first-order chi connectivity index (χ1) is 7.58. The van der Waals surface area contributed by atoms with Gasteiger partial charge in [-0.15, -0.1) is 0 Å². The summed E-state index contributed by atoms with van der Waals surface area (Å²) in [6, 6.07) is 6.71. The van der Waals surface area contributed by atoms with Gasteiger partial charge in [-0.1, -0.05) is 12.1 Å². The Hall–Kier alpha value is -1.15. The number of rotatable bonds is 2. The average molecular weight is 217 g/mol. The molecule has 1 aromatic carbocycles. The van der Waals surface area contributed by atoms with Crippen LogP contribution in [0.1, 0.15) is 42.3 Å². The summed E-state index contributed by atoms with van der Waals surface area (Å²) in [5, 5.41) is 0. The summed E-state index contributed by atoms with van der Waals surface area (Å²) in [5.41, 5.74) is 3.57. The van der Waals surface area contributed by atoms with E-state index < -0.39 is 0 Å². The Balaban J connectivity index is 2.28. The van der Waals surface area contributed by atoms with Crippen LogP contribution in [0.15, 0.2) is 18.2 Å². The van der Waals surface area contributed by atoms with Crippen LogP contribution in [0.5, 0.6) is 0 Å². The molecule has 2 heteroatoms. The molecular weight excluding hydrogens is 198 g/mol. The highest BCUT2D eigenvalue weighted by Gasteiger charge is 2.18. The van der Waals surface area contributed by atoms with Gasteiger partial charge in [-0.2, -0.15) is 0 Å². The third-order valence-corrected chi connectivity index (χ3v) is 3.38. The SMILES string of the molecule is CC(=O)c1ccc2c(c1)CN(C(C)C)CC2. The van der Waals surface area contributed by atoms with Gasteiger partial charge in [0.05, 0.1) is 0 Å². The van der Waals surface area contributed by atoms with Gasteiger partial charge in [-0.05, 0) is 44.4 Å². The molecule has 0 N–H and O–H groups in total. The number of benzene rings is 1. The topological polar surface area (TPSA) is 20.3 Å². The summed E-state index contributed by atoms with van der Waals surface area (Å²) in [6.07, 6.45) is 1.10. The van der Waals surface area contributed by atoms with Crippen LogP contribution in [0.2, 0.25) is 0 Å². The fourth-order valence-corrected chi connectivity index (χ4v) is 2.24. The van der Waals surface area contributed by atoms with Crippen LogP contribution in [0.3, 0.4) is 0 Å². The highest BCUT2D eigenvalue weighted by molar-refractivity contribution is 5.94. The molecule has 16 heavy (non-hydrogen) atoms. The number of nitrogens with zero attached hydrogens (tertiary/aromatic N) is 1. The lowest BCUT2D eigenvalue weighted by Crippen LogP contribution is -2.35. The Morgan fingerprint density at radius 2 is 2.06 bits per heavy atom. The molecular formula is C14H19NO. The molecule has 1 aliphatic heterocycles. The Labute approximate surface area is 97.3 Å². The number of hydrogen-bond acceptors (Lipinski definition) is 2. The van der Waals surface area contributed by atoms with E-state index in [0.29, 0.717) is 6.04 Å². The van der Waals surface area contributed by atoms with Crippen molar-refractivity contribution < 1.29 is 4.79 Å². The molecule has 0 amide bonds. The maximum atomic E-state index is 11.3. The zero-order chi connectivity index (χ0) is 11.7. The van der Waals surface area contributed by atoms with Gasteiger partial charge in [0, 0.05) is 24.7 Å². The van der Waals surface area contributed by atoms with Crippen LogP contribution >= 0.6 is 0 Å². The van der Waals surface area contributed by atoms with Crippen molar-refractivity contribution in [3.63, 3.8) is 0 Å². The highest BCUT2D eigenvalue weighted by atomic mass is 16.1. The average Bonchev–Trinajstić information content (AvgIpc) is 2.27. The van der Waals surface area contributed by atoms with Crippen LogP contribution < -0.4 is 0 Å². The summed E-state index contributed by atoms with van der Waals surface area (Å²) in [5.74, 6) is 0.157. The van der Waals surface area contributed by atoms with Gasteiger partial charge < -0.3 is 0 Å². The maximum Gasteiger partial charge on any atom is 0.159 e. The molecule has 0 unspecified atom stereocenters. The Bertz CT molecular complexity index is 409. The number of ketones is 1. The lowest BCUT2D eigenvalue weighted by Gasteiger charge is -2.32. The molecule has 0 aromatic heterocycles. The van der Waals surface area contributed by atoms with Gasteiger partial charge in [0.25, 0.3) is 0 Å². The van der Waals surface area contributed by atoms with E-state index in [1.165, 1.54) is 11.1 Å². The summed E-state index contributed by atoms with van der Waals surface area (Å²) in [7, 11) is 0. The van der Waals surface area contributed by atoms with E-state index in [1.54, 1.807) is 6.92 Å². The predicted octanol–water partition coefficient (Wildman–Crippen LogP) is 2.66. The monoisotopic (exact) mass is 217 g/mol. The quantitative estimate of drug-likeness (QED) is 0.710. The van der Waals surface area contributed by atoms with Gasteiger partial charge in [-0.25, -0.2) is 0 Å². The first-order valence-corrected chi connectivity index (χ1v) is 5.94. The Morgan fingerprint density at radius 1 is 1.31 bits per heavy atom. The van der Waals surface area contributed by atoms with Crippen molar-refractivity contribution in [2.75, 3.05) is 6.54 Å². The van der Waals surface area contributed by atoms with E-state index in [-0.39, 0.29) is 5.78 Å². The van der Waals surface area contributed by atoms with Crippen molar-refractivity contribution in [3.8, 4) is 0 Å². The van der Waals surface area contributed by atoms with E-state index in [1.807, 2.05) is 6.07 Å². The second kappa shape index (κ2) is 4.38. The minimum absolute atomic E-state index is 0.157. The summed E-state index contributed by atoms with van der Waals surface area (Å²) in [4.78, 5) is 13.8. The van der Waals surface area contributed by atoms with Crippen molar-refractivity contribution in [1.29, 1.82) is 0 Å². The van der Waals surface area contributed by atoms with Crippen molar-refractivity contribution >= 4 is 5.78 Å². The fraction of sp³-hybridized carbons (Fsp3) is 0.500. The second-order valence-corrected chi connectivity index (χ2v) is 4.85. The van der Waals surface area contributed by atoms with Crippen LogP contribution in [0, 0.1) is 0 Å². The van der Waals surface area contributed by atoms with Crippen LogP contribution in [-0.2, 0) is 13.0 Å². The summed E-state index contributed by atoms with van der Waals surface area (Å²) < 4.78 is 0. The second-order valence-electron chi connectivity index (χ2n) is 4.85. The van der Waals surface area contributed by atoms with E-state index in [9.17, 15) is 4.79 Å². The number of carbonyl (C=O) groups excluding carboxylic acids is 1. The van der Waals surface area contributed by atoms with E-state index in [0.717, 1.165) is 25.1 Å². The third kappa shape index (κ3) is 2.17. The molecule has 0 aliphatic carbocycles. The standard InChI is InChI=1S/C14H19NO/c1-10(2)15-7-6-12-4-5-13(11(3)16)8-14(12)9-15/h4-5,8,10H,6-7,9H2,1-3H3. The highest BCUT2D eigenvalue weighted by Crippen LogP contribution is 2.21. The van der Waals surface area contributed by atoms with Crippen molar-refractivity contribution in [3.05, 3.63) is 34.9 Å². The molecule has 1 aliphatic rings. The number of Topliss-reactive ketones (excluding diaryl/α,β-unsaturated/α-hetero) is 1. The van der Waals surface area contributed by atoms with Crippen molar-refractivity contribution in [2.45, 2.75) is 39.8 Å². The fourth-order valence-electron chi connectivity index (χ4n) is 2.24. The smallest absolute Gasteiger partial charge is 0.159 e. The molecule has 0 saturated heterocycles. The van der Waals surface area contributed by atoms with E-state index >= 15 is 0 Å². The number of fused-ring (bicyclic) bond motifs is 1. The minimum Gasteiger partial charge on any atom is -0.296 e. The van der Waals surface area contributed by atoms with Crippen molar-refractivity contribution in [1.82, 2.24) is 4.90 Å². The predicted molar refractivity (Wildman–Crippen MR) is 65.7 cm³/mol. The number of hydrogen-bond donors (Lipinski definition) is 0. The molecule has 0 fully saturated rings. The van der Waals surface area contributed by atoms with Gasteiger partial charge in [0.1, 0.15) is 0 Å². The minimum atomic E-state index is 0.157. The zero-order valence-corrected chi connectivity index (χ0v) is 10.3. The molecule has 1 aromatic rings. The van der Waals surface area contributed by atoms with Crippen LogP contribution in [0.25, 0.3) is 0 Å². The maximum absolute atomic E-state index is 11.3. The third-order valence-electron chi connectivity index (χ3n) is 3.38. The van der Waals surface area contributed by atoms with E-state index in [4.69, 9.17) is 0 Å². The lowest BCUT2D eigenvalue weighted by atomic mass is 9.95. The first-order valence-electron chi connectivity index (χ1n) is 5.94. The lowest BCUT2D eigenvalue weighted by molar-refractivity contribution is 0.101. The largest absolute Gasteiger partial charge is 0.296 e. The molecule has 0 bridgehead atoms. The normalized spacial score (nSPS) is 16.2. The Kier molecular flexibility index (Phi) is 3.10. The summed E-state index contributed by atoms with van der Waals surface area (Å²) >= 11 is 0. The van der Waals surface area contributed by atoms with Crippen LogP contribution in [-0.4, -0.2) is 23.3 Å². The van der Waals surface area contributed by atoms with Crippen molar-refractivity contribution in [2.24, 2.45) is 0 Å². The molecule has 2 nitrogen and oxygen atoms in total. The van der Waals surface area contributed by atoms with Gasteiger partial charge >= 0.3 is 0 Å². The Morgan fingerprint density at radius 3 is 2.69 bits per heavy atom.